The summed E-state index contributed by atoms with van der Waals surface area (Å²) in [4.78, 5) is 25.9. The number of alkyl halides is 6. The summed E-state index contributed by atoms with van der Waals surface area (Å²) < 4.78 is 118. The van der Waals surface area contributed by atoms with E-state index < -0.39 is 57.2 Å². The van der Waals surface area contributed by atoms with Crippen LogP contribution in [0.1, 0.15) is 22.7 Å². The van der Waals surface area contributed by atoms with E-state index in [1.807, 2.05) is 0 Å². The van der Waals surface area contributed by atoms with E-state index in [9.17, 15) is 54.6 Å². The highest BCUT2D eigenvalue weighted by molar-refractivity contribution is 7.90. The molecule has 0 radical (unpaired) electrons. The molecule has 16 heteroatoms. The highest BCUT2D eigenvalue weighted by Crippen LogP contribution is 2.50. The van der Waals surface area contributed by atoms with Crippen molar-refractivity contribution < 1.29 is 59.0 Å². The van der Waals surface area contributed by atoms with E-state index in [1.165, 1.54) is 24.3 Å². The third-order valence-electron chi connectivity index (χ3n) is 6.94. The molecule has 0 aliphatic carbocycles. The van der Waals surface area contributed by atoms with Gasteiger partial charge in [0, 0.05) is 29.6 Å². The number of rotatable bonds is 5. The summed E-state index contributed by atoms with van der Waals surface area (Å²) in [5, 5.41) is 21.6. The summed E-state index contributed by atoms with van der Waals surface area (Å²) in [5.74, 6) is -1.94. The molecule has 0 saturated heterocycles. The summed E-state index contributed by atoms with van der Waals surface area (Å²) in [6, 6.07) is 7.76. The molecule has 1 atom stereocenters. The maximum absolute atomic E-state index is 15.0. The average molecular weight is 635 g/mol. The van der Waals surface area contributed by atoms with Crippen molar-refractivity contribution in [2.45, 2.75) is 35.3 Å². The summed E-state index contributed by atoms with van der Waals surface area (Å²) in [7, 11) is -3.59. The molecule has 1 aliphatic rings. The number of carbonyl (C=O) groups excluding carboxylic acids is 1. The number of nitrogens with zero attached hydrogens (tertiary/aromatic N) is 1. The number of hydrogen-bond acceptors (Lipinski definition) is 5. The smallest absolute Gasteiger partial charge is 0.430 e. The molecule has 1 aliphatic heterocycles. The summed E-state index contributed by atoms with van der Waals surface area (Å²) >= 11 is 0. The molecular weight excluding hydrogens is 613 g/mol. The van der Waals surface area contributed by atoms with Crippen LogP contribution in [0, 0.1) is 5.82 Å². The first-order valence-corrected chi connectivity index (χ1v) is 14.0. The van der Waals surface area contributed by atoms with Crippen molar-refractivity contribution in [2.24, 2.45) is 0 Å². The summed E-state index contributed by atoms with van der Waals surface area (Å²) in [6.45, 7) is -0.144. The Morgan fingerprint density at radius 1 is 0.930 bits per heavy atom. The Bertz CT molecular complexity index is 1680. The molecule has 2 amide bonds. The molecule has 0 spiro atoms. The molecule has 0 aromatic heterocycles. The van der Waals surface area contributed by atoms with Crippen LogP contribution in [0.2, 0.25) is 0 Å². The maximum Gasteiger partial charge on any atom is 0.430 e. The molecule has 4 rings (SSSR count). The van der Waals surface area contributed by atoms with Crippen LogP contribution in [0.5, 0.6) is 0 Å². The lowest BCUT2D eigenvalue weighted by molar-refractivity contribution is -0.376. The Labute approximate surface area is 239 Å². The van der Waals surface area contributed by atoms with Crippen molar-refractivity contribution in [1.29, 1.82) is 0 Å². The second kappa shape index (κ2) is 10.8. The molecule has 0 fully saturated rings. The number of aliphatic hydroxyl groups is 1. The van der Waals surface area contributed by atoms with Crippen LogP contribution in [0.25, 0.3) is 11.1 Å². The van der Waals surface area contributed by atoms with Gasteiger partial charge in [-0.1, -0.05) is 30.3 Å². The van der Waals surface area contributed by atoms with E-state index in [0.717, 1.165) is 35.4 Å². The Balaban J connectivity index is 1.61. The van der Waals surface area contributed by atoms with Gasteiger partial charge in [0.25, 0.3) is 11.5 Å². The van der Waals surface area contributed by atoms with Gasteiger partial charge < -0.3 is 15.5 Å². The normalized spacial score (nSPS) is 16.0. The summed E-state index contributed by atoms with van der Waals surface area (Å²) in [6.07, 6.45) is -12.5. The second-order valence-corrected chi connectivity index (χ2v) is 11.7. The van der Waals surface area contributed by atoms with Crippen molar-refractivity contribution in [3.05, 3.63) is 83.2 Å². The number of carboxylic acid groups (broad SMARTS) is 1. The minimum Gasteiger partial charge on any atom is -0.465 e. The largest absolute Gasteiger partial charge is 0.465 e. The van der Waals surface area contributed by atoms with Crippen molar-refractivity contribution in [1.82, 2.24) is 4.90 Å². The number of halogens is 7. The Morgan fingerprint density at radius 3 is 2.05 bits per heavy atom. The molecule has 3 aromatic carbocycles. The number of nitrogens with one attached hydrogen (secondary N) is 1. The van der Waals surface area contributed by atoms with Crippen molar-refractivity contribution in [2.75, 3.05) is 18.1 Å². The van der Waals surface area contributed by atoms with E-state index in [4.69, 9.17) is 0 Å². The molecule has 0 bridgehead atoms. The van der Waals surface area contributed by atoms with Gasteiger partial charge in [0.2, 0.25) is 0 Å². The zero-order chi connectivity index (χ0) is 32.1. The number of amides is 2. The minimum absolute atomic E-state index is 0.0265. The van der Waals surface area contributed by atoms with Gasteiger partial charge >= 0.3 is 18.4 Å². The molecule has 3 N–H and O–H groups in total. The Morgan fingerprint density at radius 2 is 1.53 bits per heavy atom. The first-order valence-electron chi connectivity index (χ1n) is 12.2. The number of benzene rings is 3. The van der Waals surface area contributed by atoms with Crippen molar-refractivity contribution in [3.63, 3.8) is 0 Å². The standard InChI is InChI=1S/C27H21F7N2O6S/c1-43(41,42)18-7-9-20-15(12-18)10-11-36(24(38)39)22(20)23(37)35-17-6-8-19(21(28)13-17)14-2-4-16(5-3-14)25(40,26(29,30)31)27(32,33)34/h2-9,12-13,22,40H,10-11H2,1H3,(H,35,37)(H,38,39). The minimum atomic E-state index is -6.09. The SMILES string of the molecule is CS(=O)(=O)c1ccc2c(c1)CCN(C(=O)O)C2C(=O)Nc1ccc(-c2ccc(C(O)(C(F)(F)F)C(F)(F)F)cc2)c(F)c1. The van der Waals surface area contributed by atoms with Crippen LogP contribution in [0.3, 0.4) is 0 Å². The van der Waals surface area contributed by atoms with Gasteiger partial charge in [-0.3, -0.25) is 9.69 Å². The van der Waals surface area contributed by atoms with Gasteiger partial charge in [-0.05, 0) is 53.4 Å². The van der Waals surface area contributed by atoms with E-state index in [-0.39, 0.29) is 40.2 Å². The fraction of sp³-hybridized carbons (Fsp3) is 0.259. The highest BCUT2D eigenvalue weighted by atomic mass is 32.2. The first-order chi connectivity index (χ1) is 19.8. The average Bonchev–Trinajstić information content (AvgIpc) is 2.90. The van der Waals surface area contributed by atoms with Crippen molar-refractivity contribution >= 4 is 27.5 Å². The molecule has 0 saturated carbocycles. The topological polar surface area (TPSA) is 124 Å². The lowest BCUT2D eigenvalue weighted by Gasteiger charge is -2.34. The quantitative estimate of drug-likeness (QED) is 0.322. The van der Waals surface area contributed by atoms with Crippen LogP contribution >= 0.6 is 0 Å². The Hall–Kier alpha value is -4.18. The predicted molar refractivity (Wildman–Crippen MR) is 137 cm³/mol. The van der Waals surface area contributed by atoms with Crippen LogP contribution in [0.4, 0.5) is 41.2 Å². The van der Waals surface area contributed by atoms with Gasteiger partial charge in [-0.25, -0.2) is 17.6 Å². The number of hydrogen-bond donors (Lipinski definition) is 3. The monoisotopic (exact) mass is 634 g/mol. The molecule has 8 nitrogen and oxygen atoms in total. The van der Waals surface area contributed by atoms with Crippen LogP contribution in [-0.4, -0.2) is 60.7 Å². The van der Waals surface area contributed by atoms with Crippen LogP contribution in [-0.2, 0) is 26.7 Å². The third kappa shape index (κ3) is 5.88. The molecular formula is C27H21F7N2O6S. The van der Waals surface area contributed by atoms with Crippen LogP contribution in [0.15, 0.2) is 65.6 Å². The lowest BCUT2D eigenvalue weighted by Crippen LogP contribution is -2.53. The zero-order valence-corrected chi connectivity index (χ0v) is 22.6. The number of carbonyl (C=O) groups is 2. The third-order valence-corrected chi connectivity index (χ3v) is 8.05. The highest BCUT2D eigenvalue weighted by Gasteiger charge is 2.71. The molecule has 1 heterocycles. The van der Waals surface area contributed by atoms with Gasteiger partial charge in [0.15, 0.2) is 9.84 Å². The molecule has 3 aromatic rings. The van der Waals surface area contributed by atoms with E-state index in [0.29, 0.717) is 17.7 Å². The lowest BCUT2D eigenvalue weighted by atomic mass is 9.90. The molecule has 43 heavy (non-hydrogen) atoms. The fourth-order valence-corrected chi connectivity index (χ4v) is 5.41. The van der Waals surface area contributed by atoms with E-state index >= 15 is 4.39 Å². The van der Waals surface area contributed by atoms with Gasteiger partial charge in [0.05, 0.1) is 4.90 Å². The van der Waals surface area contributed by atoms with Gasteiger partial charge in [-0.2, -0.15) is 26.3 Å². The van der Waals surface area contributed by atoms with E-state index in [1.54, 1.807) is 0 Å². The maximum atomic E-state index is 15.0. The number of anilines is 1. The first kappa shape index (κ1) is 31.7. The van der Waals surface area contributed by atoms with Crippen LogP contribution < -0.4 is 5.32 Å². The summed E-state index contributed by atoms with van der Waals surface area (Å²) in [5.41, 5.74) is -6.61. The second-order valence-electron chi connectivity index (χ2n) is 9.73. The van der Waals surface area contributed by atoms with Gasteiger partial charge in [-0.15, -0.1) is 0 Å². The number of sulfone groups is 1. The fourth-order valence-electron chi connectivity index (χ4n) is 4.74. The zero-order valence-electron chi connectivity index (χ0n) is 21.8. The molecule has 230 valence electrons. The Kier molecular flexibility index (Phi) is 7.99. The van der Waals surface area contributed by atoms with Gasteiger partial charge in [0.1, 0.15) is 11.9 Å². The predicted octanol–water partition coefficient (Wildman–Crippen LogP) is 5.42. The number of fused-ring (bicyclic) bond motifs is 1. The van der Waals surface area contributed by atoms with Crippen molar-refractivity contribution in [3.8, 4) is 11.1 Å². The molecule has 1 unspecified atom stereocenters. The van der Waals surface area contributed by atoms with E-state index in [2.05, 4.69) is 5.32 Å².